The molecule has 6 rings (SSSR count). The van der Waals surface area contributed by atoms with Gasteiger partial charge >= 0.3 is 5.97 Å². The minimum Gasteiger partial charge on any atom is -0.497 e. The normalized spacial score (nSPS) is 39.2. The fourth-order valence-electron chi connectivity index (χ4n) is 5.89. The Labute approximate surface area is 158 Å². The van der Waals surface area contributed by atoms with Gasteiger partial charge in [0, 0.05) is 10.3 Å². The molecule has 0 spiro atoms. The van der Waals surface area contributed by atoms with Gasteiger partial charge in [-0.2, -0.15) is 0 Å². The number of carbonyl (C=O) groups is 1. The number of esters is 1. The fourth-order valence-corrected chi connectivity index (χ4v) is 6.59. The highest BCUT2D eigenvalue weighted by Gasteiger charge is 2.60. The molecule has 4 nitrogen and oxygen atoms in total. The van der Waals surface area contributed by atoms with Crippen molar-refractivity contribution < 1.29 is 14.3 Å². The SMILES string of the molecule is COc1ccc(/C=C2\N=C(C34C[C@@H]5C[C@@H](CC(Cl)(C5)C3)C4)OC2=O)cc1. The predicted molar refractivity (Wildman–Crippen MR) is 100 cm³/mol. The molecule has 4 bridgehead atoms. The Bertz CT molecular complexity index is 812. The second-order valence-electron chi connectivity index (χ2n) is 8.50. The highest BCUT2D eigenvalue weighted by molar-refractivity contribution is 6.24. The van der Waals surface area contributed by atoms with E-state index in [1.807, 2.05) is 24.3 Å². The number of halogens is 1. The van der Waals surface area contributed by atoms with Crippen LogP contribution in [0.15, 0.2) is 35.0 Å². The molecular weight excluding hydrogens is 350 g/mol. The smallest absolute Gasteiger partial charge is 0.363 e. The van der Waals surface area contributed by atoms with Gasteiger partial charge in [0.15, 0.2) is 5.70 Å². The third-order valence-electron chi connectivity index (χ3n) is 6.48. The van der Waals surface area contributed by atoms with Crippen molar-refractivity contribution in [3.63, 3.8) is 0 Å². The Morgan fingerprint density at radius 1 is 1.19 bits per heavy atom. The lowest BCUT2D eigenvalue weighted by Crippen LogP contribution is -2.56. The van der Waals surface area contributed by atoms with Gasteiger partial charge < -0.3 is 9.47 Å². The molecule has 0 saturated heterocycles. The second kappa shape index (κ2) is 5.59. The monoisotopic (exact) mass is 371 g/mol. The number of alkyl halides is 1. The Morgan fingerprint density at radius 2 is 1.88 bits per heavy atom. The van der Waals surface area contributed by atoms with E-state index in [0.717, 1.165) is 43.4 Å². The Hall–Kier alpha value is -1.81. The van der Waals surface area contributed by atoms with Crippen molar-refractivity contribution in [2.45, 2.75) is 43.4 Å². The lowest BCUT2D eigenvalue weighted by molar-refractivity contribution is -0.131. The Morgan fingerprint density at radius 3 is 2.50 bits per heavy atom. The van der Waals surface area contributed by atoms with Crippen molar-refractivity contribution in [1.82, 2.24) is 0 Å². The molecular formula is C21H22ClNO3. The molecule has 1 aliphatic heterocycles. The summed E-state index contributed by atoms with van der Waals surface area (Å²) in [5.41, 5.74) is 1.14. The minimum absolute atomic E-state index is 0.124. The summed E-state index contributed by atoms with van der Waals surface area (Å²) in [4.78, 5) is 16.9. The van der Waals surface area contributed by atoms with Crippen LogP contribution in [0.1, 0.15) is 44.1 Å². The van der Waals surface area contributed by atoms with E-state index in [1.54, 1.807) is 13.2 Å². The zero-order chi connectivity index (χ0) is 17.9. The molecule has 4 fully saturated rings. The molecule has 4 atom stereocenters. The third-order valence-corrected chi connectivity index (χ3v) is 6.93. The maximum Gasteiger partial charge on any atom is 0.363 e. The van der Waals surface area contributed by atoms with Crippen molar-refractivity contribution >= 4 is 29.5 Å². The van der Waals surface area contributed by atoms with E-state index in [4.69, 9.17) is 21.1 Å². The van der Waals surface area contributed by atoms with Gasteiger partial charge in [0.25, 0.3) is 0 Å². The van der Waals surface area contributed by atoms with Crippen LogP contribution in [0.4, 0.5) is 0 Å². The summed E-state index contributed by atoms with van der Waals surface area (Å²) in [6.07, 6.45) is 8.25. The molecule has 1 heterocycles. The molecule has 0 radical (unpaired) electrons. The van der Waals surface area contributed by atoms with Crippen molar-refractivity contribution in [2.24, 2.45) is 22.2 Å². The van der Waals surface area contributed by atoms with Crippen LogP contribution in [0.5, 0.6) is 5.75 Å². The van der Waals surface area contributed by atoms with Gasteiger partial charge in [-0.25, -0.2) is 9.79 Å². The van der Waals surface area contributed by atoms with Gasteiger partial charge in [-0.3, -0.25) is 0 Å². The van der Waals surface area contributed by atoms with Crippen LogP contribution in [-0.4, -0.2) is 23.9 Å². The molecule has 5 heteroatoms. The van der Waals surface area contributed by atoms with Crippen LogP contribution in [0.25, 0.3) is 6.08 Å². The molecule has 5 aliphatic rings. The van der Waals surface area contributed by atoms with Gasteiger partial charge in [0.05, 0.1) is 7.11 Å². The summed E-state index contributed by atoms with van der Waals surface area (Å²) >= 11 is 6.91. The summed E-state index contributed by atoms with van der Waals surface area (Å²) in [5.74, 6) is 2.33. The second-order valence-corrected chi connectivity index (χ2v) is 9.30. The average molecular weight is 372 g/mol. The minimum atomic E-state index is -0.352. The summed E-state index contributed by atoms with van der Waals surface area (Å²) in [7, 11) is 1.63. The number of nitrogens with zero attached hydrogens (tertiary/aromatic N) is 1. The summed E-state index contributed by atoms with van der Waals surface area (Å²) in [5, 5.41) is 0. The summed E-state index contributed by atoms with van der Waals surface area (Å²) < 4.78 is 10.9. The highest BCUT2D eigenvalue weighted by atomic mass is 35.5. The van der Waals surface area contributed by atoms with Crippen LogP contribution >= 0.6 is 11.6 Å². The first-order valence-electron chi connectivity index (χ1n) is 9.33. The van der Waals surface area contributed by atoms with Crippen LogP contribution in [0, 0.1) is 17.3 Å². The van der Waals surface area contributed by atoms with Gasteiger partial charge in [-0.05, 0) is 74.1 Å². The van der Waals surface area contributed by atoms with E-state index in [2.05, 4.69) is 4.99 Å². The quantitative estimate of drug-likeness (QED) is 0.444. The number of cyclic esters (lactones) is 1. The molecule has 136 valence electrons. The van der Waals surface area contributed by atoms with Gasteiger partial charge in [0.2, 0.25) is 5.90 Å². The average Bonchev–Trinajstić information content (AvgIpc) is 2.95. The fraction of sp³-hybridized carbons (Fsp3) is 0.524. The maximum absolute atomic E-state index is 12.4. The largest absolute Gasteiger partial charge is 0.497 e. The molecule has 1 aromatic rings. The van der Waals surface area contributed by atoms with Crippen molar-refractivity contribution in [3.05, 3.63) is 35.5 Å². The lowest BCUT2D eigenvalue weighted by Gasteiger charge is -2.59. The van der Waals surface area contributed by atoms with Gasteiger partial charge in [-0.1, -0.05) is 12.1 Å². The number of benzene rings is 1. The van der Waals surface area contributed by atoms with Crippen LogP contribution < -0.4 is 4.74 Å². The Balaban J connectivity index is 1.46. The van der Waals surface area contributed by atoms with Crippen LogP contribution in [0.2, 0.25) is 0 Å². The first-order valence-corrected chi connectivity index (χ1v) is 9.71. The van der Waals surface area contributed by atoms with Crippen molar-refractivity contribution in [1.29, 1.82) is 0 Å². The number of methoxy groups -OCH3 is 1. The first kappa shape index (κ1) is 16.4. The highest BCUT2D eigenvalue weighted by Crippen LogP contribution is 2.64. The molecule has 26 heavy (non-hydrogen) atoms. The number of aliphatic imine (C=N–C) groups is 1. The molecule has 0 amide bonds. The number of ether oxygens (including phenoxy) is 2. The standard InChI is InChI=1S/C21H22ClNO3/c1-25-16-4-2-13(3-5-16)7-17-18(24)26-19(23-17)20-8-14-6-15(9-20)11-21(22,10-14)12-20/h2-5,7,14-15H,6,8-12H2,1H3/b17-7-/t14-,15+,20?,21?. The zero-order valence-electron chi connectivity index (χ0n) is 14.8. The van der Waals surface area contributed by atoms with Gasteiger partial charge in [0.1, 0.15) is 5.75 Å². The van der Waals surface area contributed by atoms with Crippen LogP contribution in [0.3, 0.4) is 0 Å². The van der Waals surface area contributed by atoms with Crippen molar-refractivity contribution in [2.75, 3.05) is 7.11 Å². The van der Waals surface area contributed by atoms with E-state index in [1.165, 1.54) is 6.42 Å². The first-order chi connectivity index (χ1) is 12.5. The number of hydrogen-bond acceptors (Lipinski definition) is 4. The molecule has 0 aromatic heterocycles. The lowest BCUT2D eigenvalue weighted by atomic mass is 9.49. The summed E-state index contributed by atoms with van der Waals surface area (Å²) in [6, 6.07) is 7.55. The van der Waals surface area contributed by atoms with Crippen LogP contribution in [-0.2, 0) is 9.53 Å². The van der Waals surface area contributed by atoms with E-state index in [9.17, 15) is 4.79 Å². The van der Waals surface area contributed by atoms with Crippen molar-refractivity contribution in [3.8, 4) is 5.75 Å². The number of carbonyl (C=O) groups excluding carboxylic acids is 1. The van der Waals surface area contributed by atoms with E-state index in [0.29, 0.717) is 23.4 Å². The van der Waals surface area contributed by atoms with E-state index < -0.39 is 0 Å². The zero-order valence-corrected chi connectivity index (χ0v) is 15.6. The van der Waals surface area contributed by atoms with E-state index in [-0.39, 0.29) is 16.3 Å². The number of hydrogen-bond donors (Lipinski definition) is 0. The molecule has 0 N–H and O–H groups in total. The molecule has 4 aliphatic carbocycles. The number of rotatable bonds is 3. The Kier molecular flexibility index (Phi) is 3.52. The van der Waals surface area contributed by atoms with E-state index >= 15 is 0 Å². The third kappa shape index (κ3) is 2.58. The molecule has 2 unspecified atom stereocenters. The molecule has 4 saturated carbocycles. The summed E-state index contributed by atoms with van der Waals surface area (Å²) in [6.45, 7) is 0. The predicted octanol–water partition coefficient (Wildman–Crippen LogP) is 4.57. The topological polar surface area (TPSA) is 47.9 Å². The maximum atomic E-state index is 12.4. The molecule has 1 aromatic carbocycles. The van der Waals surface area contributed by atoms with Gasteiger partial charge in [-0.15, -0.1) is 11.6 Å².